The van der Waals surface area contributed by atoms with E-state index in [2.05, 4.69) is 15.2 Å². The number of hydrogen-bond donors (Lipinski definition) is 1. The number of halogens is 1. The number of fused-ring (bicyclic) bond motifs is 1. The van der Waals surface area contributed by atoms with Crippen LogP contribution in [0.1, 0.15) is 11.1 Å². The number of aryl methyl sites for hydroxylation is 1. The predicted molar refractivity (Wildman–Crippen MR) is 74.3 cm³/mol. The van der Waals surface area contributed by atoms with Crippen molar-refractivity contribution in [3.05, 3.63) is 57.9 Å². The molecule has 0 aliphatic rings. The van der Waals surface area contributed by atoms with Crippen LogP contribution >= 0.6 is 11.8 Å². The van der Waals surface area contributed by atoms with Crippen molar-refractivity contribution in [2.75, 3.05) is 0 Å². The fourth-order valence-corrected chi connectivity index (χ4v) is 2.77. The van der Waals surface area contributed by atoms with Crippen LogP contribution in [0.15, 0.2) is 40.5 Å². The molecule has 0 bridgehead atoms. The van der Waals surface area contributed by atoms with Crippen molar-refractivity contribution < 1.29 is 4.39 Å². The van der Waals surface area contributed by atoms with Crippen molar-refractivity contribution in [3.63, 3.8) is 0 Å². The van der Waals surface area contributed by atoms with Crippen LogP contribution in [0.4, 0.5) is 4.39 Å². The third kappa shape index (κ3) is 2.20. The monoisotopic (exact) mass is 290 g/mol. The van der Waals surface area contributed by atoms with Crippen molar-refractivity contribution in [1.29, 1.82) is 0 Å². The lowest BCUT2D eigenvalue weighted by Gasteiger charge is -2.04. The summed E-state index contributed by atoms with van der Waals surface area (Å²) in [5.41, 5.74) is 1.16. The number of hydrogen-bond acceptors (Lipinski definition) is 4. The third-order valence-electron chi connectivity index (χ3n) is 2.93. The van der Waals surface area contributed by atoms with Crippen molar-refractivity contribution in [3.8, 4) is 0 Å². The van der Waals surface area contributed by atoms with E-state index in [9.17, 15) is 9.18 Å². The topological polar surface area (TPSA) is 63.0 Å². The molecule has 0 fully saturated rings. The first-order valence-corrected chi connectivity index (χ1v) is 6.94. The van der Waals surface area contributed by atoms with E-state index in [1.807, 2.05) is 6.07 Å². The Kier molecular flexibility index (Phi) is 3.27. The van der Waals surface area contributed by atoms with E-state index in [1.165, 1.54) is 18.0 Å². The molecule has 3 aromatic rings. The van der Waals surface area contributed by atoms with E-state index in [-0.39, 0.29) is 17.0 Å². The standard InChI is InChI=1S/C13H11FN4OS/c1-8-3-2-4-9(10(8)14)7-20-13-17-16-11-12(19)15-5-6-18(11)13/h2-6H,7H2,1H3,(H,15,19). The van der Waals surface area contributed by atoms with E-state index >= 15 is 0 Å². The summed E-state index contributed by atoms with van der Waals surface area (Å²) < 4.78 is 15.5. The minimum absolute atomic E-state index is 0.202. The molecule has 0 atom stereocenters. The van der Waals surface area contributed by atoms with E-state index in [0.717, 1.165) is 0 Å². The molecule has 5 nitrogen and oxygen atoms in total. The average Bonchev–Trinajstić information content (AvgIpc) is 2.85. The van der Waals surface area contributed by atoms with E-state index in [0.29, 0.717) is 22.0 Å². The van der Waals surface area contributed by atoms with Gasteiger partial charge in [0.15, 0.2) is 5.16 Å². The van der Waals surface area contributed by atoms with Gasteiger partial charge in [0.05, 0.1) is 0 Å². The van der Waals surface area contributed by atoms with Crippen LogP contribution in [0.5, 0.6) is 0 Å². The van der Waals surface area contributed by atoms with Crippen LogP contribution in [0.3, 0.4) is 0 Å². The van der Waals surface area contributed by atoms with Crippen LogP contribution < -0.4 is 5.56 Å². The number of nitrogens with one attached hydrogen (secondary N) is 1. The normalized spacial score (nSPS) is 11.1. The Morgan fingerprint density at radius 2 is 2.25 bits per heavy atom. The van der Waals surface area contributed by atoms with Crippen LogP contribution in [0.25, 0.3) is 5.65 Å². The fraction of sp³-hybridized carbons (Fsp3) is 0.154. The lowest BCUT2D eigenvalue weighted by atomic mass is 10.1. The maximum absolute atomic E-state index is 13.9. The summed E-state index contributed by atoms with van der Waals surface area (Å²) in [6, 6.07) is 5.29. The molecule has 0 radical (unpaired) electrons. The number of nitrogens with zero attached hydrogens (tertiary/aromatic N) is 3. The zero-order valence-corrected chi connectivity index (χ0v) is 11.4. The number of benzene rings is 1. The highest BCUT2D eigenvalue weighted by atomic mass is 32.2. The van der Waals surface area contributed by atoms with Crippen LogP contribution in [0.2, 0.25) is 0 Å². The molecule has 0 saturated carbocycles. The highest BCUT2D eigenvalue weighted by Crippen LogP contribution is 2.23. The van der Waals surface area contributed by atoms with Gasteiger partial charge in [-0.25, -0.2) is 4.39 Å². The van der Waals surface area contributed by atoms with Crippen LogP contribution in [0, 0.1) is 12.7 Å². The summed E-state index contributed by atoms with van der Waals surface area (Å²) in [5.74, 6) is 0.229. The van der Waals surface area contributed by atoms with Gasteiger partial charge in [-0.3, -0.25) is 9.20 Å². The van der Waals surface area contributed by atoms with E-state index in [4.69, 9.17) is 0 Å². The minimum atomic E-state index is -0.298. The Balaban J connectivity index is 1.89. The summed E-state index contributed by atoms with van der Waals surface area (Å²) in [6.45, 7) is 1.73. The number of rotatable bonds is 3. The van der Waals surface area contributed by atoms with Crippen LogP contribution in [-0.4, -0.2) is 19.6 Å². The Morgan fingerprint density at radius 1 is 1.40 bits per heavy atom. The van der Waals surface area contributed by atoms with Gasteiger partial charge in [-0.15, -0.1) is 10.2 Å². The molecule has 0 amide bonds. The molecule has 102 valence electrons. The van der Waals surface area contributed by atoms with Crippen molar-refractivity contribution in [2.24, 2.45) is 0 Å². The van der Waals surface area contributed by atoms with Gasteiger partial charge in [0.1, 0.15) is 5.82 Å². The maximum atomic E-state index is 13.9. The second-order valence-corrected chi connectivity index (χ2v) is 5.24. The molecule has 2 heterocycles. The van der Waals surface area contributed by atoms with Crippen LogP contribution in [-0.2, 0) is 5.75 Å². The molecule has 0 saturated heterocycles. The predicted octanol–water partition coefficient (Wildman–Crippen LogP) is 2.16. The van der Waals surface area contributed by atoms with E-state index in [1.54, 1.807) is 29.7 Å². The van der Waals surface area contributed by atoms with Crippen molar-refractivity contribution >= 4 is 17.4 Å². The first-order chi connectivity index (χ1) is 9.66. The minimum Gasteiger partial charge on any atom is -0.324 e. The third-order valence-corrected chi connectivity index (χ3v) is 3.93. The number of thioether (sulfide) groups is 1. The highest BCUT2D eigenvalue weighted by Gasteiger charge is 2.10. The Labute approximate surface area is 117 Å². The molecule has 3 rings (SSSR count). The Morgan fingerprint density at radius 3 is 3.10 bits per heavy atom. The maximum Gasteiger partial charge on any atom is 0.293 e. The first-order valence-electron chi connectivity index (χ1n) is 5.96. The molecule has 0 aliphatic heterocycles. The van der Waals surface area contributed by atoms with Gasteiger partial charge in [0.25, 0.3) is 5.56 Å². The number of aromatic nitrogens is 4. The smallest absolute Gasteiger partial charge is 0.293 e. The Bertz CT molecular complexity index is 827. The fourth-order valence-electron chi connectivity index (χ4n) is 1.88. The molecule has 2 aromatic heterocycles. The van der Waals surface area contributed by atoms with Gasteiger partial charge < -0.3 is 4.98 Å². The van der Waals surface area contributed by atoms with Gasteiger partial charge in [-0.1, -0.05) is 30.0 Å². The average molecular weight is 290 g/mol. The van der Waals surface area contributed by atoms with E-state index < -0.39 is 0 Å². The summed E-state index contributed by atoms with van der Waals surface area (Å²) >= 11 is 1.34. The summed E-state index contributed by atoms with van der Waals surface area (Å²) in [7, 11) is 0. The van der Waals surface area contributed by atoms with Crippen molar-refractivity contribution in [1.82, 2.24) is 19.6 Å². The highest BCUT2D eigenvalue weighted by molar-refractivity contribution is 7.98. The zero-order chi connectivity index (χ0) is 14.1. The summed E-state index contributed by atoms with van der Waals surface area (Å²) in [4.78, 5) is 14.0. The molecule has 0 spiro atoms. The van der Waals surface area contributed by atoms with Gasteiger partial charge in [0.2, 0.25) is 5.65 Å². The quantitative estimate of drug-likeness (QED) is 0.751. The summed E-state index contributed by atoms with van der Waals surface area (Å²) in [5, 5.41) is 8.34. The largest absolute Gasteiger partial charge is 0.324 e. The number of H-pyrrole nitrogens is 1. The molecule has 0 aliphatic carbocycles. The zero-order valence-electron chi connectivity index (χ0n) is 10.6. The lowest BCUT2D eigenvalue weighted by Crippen LogP contribution is -2.08. The molecule has 1 aromatic carbocycles. The molecular weight excluding hydrogens is 279 g/mol. The first kappa shape index (κ1) is 12.9. The van der Waals surface area contributed by atoms with Gasteiger partial charge in [-0.2, -0.15) is 0 Å². The molecule has 0 unspecified atom stereocenters. The second kappa shape index (κ2) is 5.09. The van der Waals surface area contributed by atoms with Crippen molar-refractivity contribution in [2.45, 2.75) is 17.8 Å². The SMILES string of the molecule is Cc1cccc(CSc2nnc3c(=O)[nH]ccn23)c1F. The molecular formula is C13H11FN4OS. The second-order valence-electron chi connectivity index (χ2n) is 4.30. The molecule has 1 N–H and O–H groups in total. The molecule has 20 heavy (non-hydrogen) atoms. The summed E-state index contributed by atoms with van der Waals surface area (Å²) in [6.07, 6.45) is 3.20. The number of aromatic amines is 1. The van der Waals surface area contributed by atoms with Gasteiger partial charge >= 0.3 is 0 Å². The van der Waals surface area contributed by atoms with Gasteiger partial charge in [-0.05, 0) is 18.1 Å². The van der Waals surface area contributed by atoms with Gasteiger partial charge in [0, 0.05) is 18.1 Å². The molecule has 7 heteroatoms. The Hall–Kier alpha value is -2.15. The lowest BCUT2D eigenvalue weighted by molar-refractivity contribution is 0.608.